The van der Waals surface area contributed by atoms with Gasteiger partial charge in [-0.1, -0.05) is 29.3 Å². The molecule has 0 bridgehead atoms. The highest BCUT2D eigenvalue weighted by molar-refractivity contribution is 7.98. The zero-order chi connectivity index (χ0) is 10.4. The minimum Gasteiger partial charge on any atom is -0.319 e. The van der Waals surface area contributed by atoms with Crippen LogP contribution in [-0.4, -0.2) is 19.3 Å². The molecule has 0 fully saturated rings. The van der Waals surface area contributed by atoms with Gasteiger partial charge >= 0.3 is 0 Å². The Labute approximate surface area is 99.2 Å². The molecule has 0 atom stereocenters. The van der Waals surface area contributed by atoms with Crippen LogP contribution in [0.4, 0.5) is 0 Å². The van der Waals surface area contributed by atoms with Gasteiger partial charge in [-0.05, 0) is 24.7 Å². The molecule has 0 aromatic heterocycles. The third-order valence-corrected chi connectivity index (χ3v) is 3.50. The number of benzene rings is 1. The van der Waals surface area contributed by atoms with Gasteiger partial charge < -0.3 is 5.32 Å². The number of rotatable bonds is 5. The van der Waals surface area contributed by atoms with E-state index in [1.165, 1.54) is 0 Å². The van der Waals surface area contributed by atoms with Crippen molar-refractivity contribution >= 4 is 35.0 Å². The Morgan fingerprint density at radius 3 is 2.50 bits per heavy atom. The Kier molecular flexibility index (Phi) is 5.71. The summed E-state index contributed by atoms with van der Waals surface area (Å²) in [6.07, 6.45) is 0. The molecule has 1 N–H and O–H groups in total. The van der Waals surface area contributed by atoms with E-state index < -0.39 is 0 Å². The fraction of sp³-hybridized carbons (Fsp3) is 0.400. The molecule has 0 aliphatic heterocycles. The number of thioether (sulfide) groups is 1. The maximum absolute atomic E-state index is 6.03. The summed E-state index contributed by atoms with van der Waals surface area (Å²) in [5.74, 6) is 1.94. The van der Waals surface area contributed by atoms with Crippen LogP contribution in [0.15, 0.2) is 18.2 Å². The quantitative estimate of drug-likeness (QED) is 0.803. The Morgan fingerprint density at radius 2 is 1.93 bits per heavy atom. The summed E-state index contributed by atoms with van der Waals surface area (Å²) in [6, 6.07) is 5.62. The summed E-state index contributed by atoms with van der Waals surface area (Å²) in [7, 11) is 1.95. The van der Waals surface area contributed by atoms with Crippen LogP contribution in [-0.2, 0) is 5.75 Å². The van der Waals surface area contributed by atoms with Crippen molar-refractivity contribution in [2.75, 3.05) is 19.3 Å². The normalized spacial score (nSPS) is 10.5. The van der Waals surface area contributed by atoms with Crippen molar-refractivity contribution in [3.63, 3.8) is 0 Å². The minimum atomic E-state index is 0.759. The third-order valence-electron chi connectivity index (χ3n) is 1.80. The summed E-state index contributed by atoms with van der Waals surface area (Å²) in [6.45, 7) is 1.01. The molecule has 0 aliphatic rings. The van der Waals surface area contributed by atoms with E-state index in [1.807, 2.05) is 37.0 Å². The Morgan fingerprint density at radius 1 is 1.29 bits per heavy atom. The van der Waals surface area contributed by atoms with E-state index >= 15 is 0 Å². The van der Waals surface area contributed by atoms with Crippen LogP contribution >= 0.6 is 35.0 Å². The van der Waals surface area contributed by atoms with E-state index in [1.54, 1.807) is 0 Å². The number of halogens is 2. The minimum absolute atomic E-state index is 0.759. The van der Waals surface area contributed by atoms with Crippen LogP contribution in [0, 0.1) is 0 Å². The first-order chi connectivity index (χ1) is 6.75. The van der Waals surface area contributed by atoms with Crippen molar-refractivity contribution in [2.45, 2.75) is 5.75 Å². The van der Waals surface area contributed by atoms with Crippen molar-refractivity contribution in [1.29, 1.82) is 0 Å². The van der Waals surface area contributed by atoms with Crippen LogP contribution in [0.3, 0.4) is 0 Å². The summed E-state index contributed by atoms with van der Waals surface area (Å²) < 4.78 is 0. The smallest absolute Gasteiger partial charge is 0.0461 e. The van der Waals surface area contributed by atoms with Crippen LogP contribution in [0.25, 0.3) is 0 Å². The van der Waals surface area contributed by atoms with E-state index in [9.17, 15) is 0 Å². The average Bonchev–Trinajstić information content (AvgIpc) is 2.16. The molecule has 0 saturated heterocycles. The molecule has 0 radical (unpaired) electrons. The molecule has 0 saturated carbocycles. The van der Waals surface area contributed by atoms with Crippen LogP contribution in [0.2, 0.25) is 10.0 Å². The molecule has 0 unspecified atom stereocenters. The van der Waals surface area contributed by atoms with Gasteiger partial charge in [0.2, 0.25) is 0 Å². The van der Waals surface area contributed by atoms with Crippen LogP contribution < -0.4 is 5.32 Å². The highest BCUT2D eigenvalue weighted by Gasteiger charge is 2.04. The molecule has 0 aliphatic carbocycles. The zero-order valence-corrected chi connectivity index (χ0v) is 10.3. The van der Waals surface area contributed by atoms with Crippen molar-refractivity contribution in [3.05, 3.63) is 33.8 Å². The van der Waals surface area contributed by atoms with Gasteiger partial charge in [-0.15, -0.1) is 0 Å². The lowest BCUT2D eigenvalue weighted by Gasteiger charge is -2.06. The molecule has 0 amide bonds. The topological polar surface area (TPSA) is 12.0 Å². The second-order valence-corrected chi connectivity index (χ2v) is 4.78. The van der Waals surface area contributed by atoms with Crippen molar-refractivity contribution in [1.82, 2.24) is 5.32 Å². The molecule has 4 heteroatoms. The average molecular weight is 250 g/mol. The van der Waals surface area contributed by atoms with Gasteiger partial charge in [0.25, 0.3) is 0 Å². The molecule has 0 spiro atoms. The fourth-order valence-corrected chi connectivity index (χ4v) is 2.72. The summed E-state index contributed by atoms with van der Waals surface area (Å²) in [5.41, 5.74) is 1.04. The van der Waals surface area contributed by atoms with Gasteiger partial charge in [0.05, 0.1) is 0 Å². The lowest BCUT2D eigenvalue weighted by atomic mass is 10.2. The fourth-order valence-electron chi connectivity index (χ4n) is 1.02. The first kappa shape index (κ1) is 12.2. The SMILES string of the molecule is CNCCSCc1c(Cl)cccc1Cl. The predicted molar refractivity (Wildman–Crippen MR) is 66.6 cm³/mol. The lowest BCUT2D eigenvalue weighted by Crippen LogP contribution is -2.09. The van der Waals surface area contributed by atoms with Gasteiger partial charge in [0.1, 0.15) is 0 Å². The Hall–Kier alpha value is 0.110. The molecule has 0 heterocycles. The molecule has 1 nitrogen and oxygen atoms in total. The number of nitrogens with one attached hydrogen (secondary N) is 1. The van der Waals surface area contributed by atoms with E-state index in [4.69, 9.17) is 23.2 Å². The summed E-state index contributed by atoms with van der Waals surface area (Å²) in [5, 5.41) is 4.61. The molecule has 14 heavy (non-hydrogen) atoms. The highest BCUT2D eigenvalue weighted by Crippen LogP contribution is 2.27. The second kappa shape index (κ2) is 6.57. The molecule has 78 valence electrons. The van der Waals surface area contributed by atoms with E-state index in [2.05, 4.69) is 5.32 Å². The molecule has 1 aromatic rings. The van der Waals surface area contributed by atoms with Crippen molar-refractivity contribution in [3.8, 4) is 0 Å². The van der Waals surface area contributed by atoms with Gasteiger partial charge in [0.15, 0.2) is 0 Å². The maximum Gasteiger partial charge on any atom is 0.0461 e. The van der Waals surface area contributed by atoms with Gasteiger partial charge in [0, 0.05) is 28.1 Å². The largest absolute Gasteiger partial charge is 0.319 e. The monoisotopic (exact) mass is 249 g/mol. The maximum atomic E-state index is 6.03. The Balaban J connectivity index is 2.49. The van der Waals surface area contributed by atoms with Gasteiger partial charge in [-0.25, -0.2) is 0 Å². The van der Waals surface area contributed by atoms with Crippen molar-refractivity contribution < 1.29 is 0 Å². The lowest BCUT2D eigenvalue weighted by molar-refractivity contribution is 0.872. The van der Waals surface area contributed by atoms with Crippen LogP contribution in [0.1, 0.15) is 5.56 Å². The predicted octanol–water partition coefficient (Wildman–Crippen LogP) is 3.45. The second-order valence-electron chi connectivity index (χ2n) is 2.86. The highest BCUT2D eigenvalue weighted by atomic mass is 35.5. The zero-order valence-electron chi connectivity index (χ0n) is 8.02. The number of hydrogen-bond donors (Lipinski definition) is 1. The molecule has 1 rings (SSSR count). The number of hydrogen-bond acceptors (Lipinski definition) is 2. The summed E-state index contributed by atoms with van der Waals surface area (Å²) >= 11 is 13.9. The molecule has 1 aromatic carbocycles. The van der Waals surface area contributed by atoms with E-state index in [-0.39, 0.29) is 0 Å². The molecular formula is C10H13Cl2NS. The van der Waals surface area contributed by atoms with Gasteiger partial charge in [-0.2, -0.15) is 11.8 Å². The van der Waals surface area contributed by atoms with Crippen LogP contribution in [0.5, 0.6) is 0 Å². The Bertz CT molecular complexity index is 271. The van der Waals surface area contributed by atoms with E-state index in [0.29, 0.717) is 0 Å². The van der Waals surface area contributed by atoms with Gasteiger partial charge in [-0.3, -0.25) is 0 Å². The first-order valence-corrected chi connectivity index (χ1v) is 6.32. The molecular weight excluding hydrogens is 237 g/mol. The van der Waals surface area contributed by atoms with Crippen molar-refractivity contribution in [2.24, 2.45) is 0 Å². The van der Waals surface area contributed by atoms with E-state index in [0.717, 1.165) is 33.7 Å². The summed E-state index contributed by atoms with van der Waals surface area (Å²) in [4.78, 5) is 0. The third kappa shape index (κ3) is 3.70. The standard InChI is InChI=1S/C10H13Cl2NS/c1-13-5-6-14-7-8-9(11)3-2-4-10(8)12/h2-4,13H,5-7H2,1H3. The first-order valence-electron chi connectivity index (χ1n) is 4.41.